The Bertz CT molecular complexity index is 494. The molecule has 0 fully saturated rings. The highest BCUT2D eigenvalue weighted by atomic mass is 16.3. The van der Waals surface area contributed by atoms with Crippen LogP contribution in [0.4, 0.5) is 5.82 Å². The molecule has 16 heavy (non-hydrogen) atoms. The molecular formula is C8H13N7O. The van der Waals surface area contributed by atoms with Crippen LogP contribution in [0, 0.1) is 0 Å². The van der Waals surface area contributed by atoms with Crippen LogP contribution in [-0.2, 0) is 0 Å². The van der Waals surface area contributed by atoms with Gasteiger partial charge in [-0.1, -0.05) is 5.21 Å². The summed E-state index contributed by atoms with van der Waals surface area (Å²) < 4.78 is 1.54. The maximum absolute atomic E-state index is 9.51. The number of aliphatic hydroxyl groups excluding tert-OH is 1. The Morgan fingerprint density at radius 3 is 2.81 bits per heavy atom. The predicted molar refractivity (Wildman–Crippen MR) is 57.3 cm³/mol. The Kier molecular flexibility index (Phi) is 2.67. The van der Waals surface area contributed by atoms with E-state index in [2.05, 4.69) is 25.7 Å². The second-order valence-corrected chi connectivity index (χ2v) is 3.55. The van der Waals surface area contributed by atoms with Crippen molar-refractivity contribution in [1.82, 2.24) is 25.0 Å². The molecule has 2 unspecified atom stereocenters. The van der Waals surface area contributed by atoms with Crippen molar-refractivity contribution in [3.05, 3.63) is 6.33 Å². The van der Waals surface area contributed by atoms with Crippen molar-refractivity contribution in [1.29, 1.82) is 0 Å². The second kappa shape index (κ2) is 3.99. The fraction of sp³-hybridized carbons (Fsp3) is 0.500. The van der Waals surface area contributed by atoms with Gasteiger partial charge in [0.15, 0.2) is 17.0 Å². The van der Waals surface area contributed by atoms with Crippen LogP contribution in [0.5, 0.6) is 0 Å². The monoisotopic (exact) mass is 223 g/mol. The number of nitrogens with two attached hydrogens (primary N) is 1. The van der Waals surface area contributed by atoms with Crippen LogP contribution in [0.15, 0.2) is 6.33 Å². The van der Waals surface area contributed by atoms with Gasteiger partial charge in [-0.3, -0.25) is 0 Å². The Morgan fingerprint density at radius 1 is 1.44 bits per heavy atom. The first-order valence-electron chi connectivity index (χ1n) is 4.85. The molecule has 0 radical (unpaired) electrons. The van der Waals surface area contributed by atoms with Gasteiger partial charge < -0.3 is 10.5 Å². The number of rotatable bonds is 3. The molecule has 0 aliphatic carbocycles. The summed E-state index contributed by atoms with van der Waals surface area (Å²) in [6, 6.07) is -0.217. The van der Waals surface area contributed by atoms with Crippen LogP contribution in [-0.4, -0.2) is 36.2 Å². The third kappa shape index (κ3) is 1.57. The van der Waals surface area contributed by atoms with Crippen LogP contribution in [0.1, 0.15) is 19.9 Å². The lowest BCUT2D eigenvalue weighted by molar-refractivity contribution is 0.133. The minimum Gasteiger partial charge on any atom is -0.391 e. The fourth-order valence-electron chi connectivity index (χ4n) is 1.35. The van der Waals surface area contributed by atoms with E-state index in [4.69, 9.17) is 5.84 Å². The van der Waals surface area contributed by atoms with Crippen molar-refractivity contribution in [2.45, 2.75) is 26.0 Å². The van der Waals surface area contributed by atoms with Gasteiger partial charge in [-0.25, -0.2) is 20.5 Å². The SMILES string of the molecule is CC(O)C(C)n1nnc2c(NN)ncnc21. The van der Waals surface area contributed by atoms with Crippen molar-refractivity contribution >= 4 is 17.0 Å². The van der Waals surface area contributed by atoms with Gasteiger partial charge in [0, 0.05) is 0 Å². The van der Waals surface area contributed by atoms with E-state index < -0.39 is 6.10 Å². The molecule has 8 nitrogen and oxygen atoms in total. The zero-order valence-electron chi connectivity index (χ0n) is 8.99. The molecule has 0 bridgehead atoms. The van der Waals surface area contributed by atoms with E-state index in [9.17, 15) is 5.11 Å². The summed E-state index contributed by atoms with van der Waals surface area (Å²) in [6.07, 6.45) is 0.820. The van der Waals surface area contributed by atoms with Crippen LogP contribution < -0.4 is 11.3 Å². The van der Waals surface area contributed by atoms with Gasteiger partial charge in [-0.2, -0.15) is 0 Å². The van der Waals surface area contributed by atoms with Gasteiger partial charge in [-0.05, 0) is 13.8 Å². The lowest BCUT2D eigenvalue weighted by Gasteiger charge is -2.14. The maximum Gasteiger partial charge on any atom is 0.184 e. The number of hydrogen-bond donors (Lipinski definition) is 3. The van der Waals surface area contributed by atoms with Crippen LogP contribution in [0.25, 0.3) is 11.2 Å². The molecule has 0 amide bonds. The number of hydrogen-bond acceptors (Lipinski definition) is 7. The summed E-state index contributed by atoms with van der Waals surface area (Å²) >= 11 is 0. The van der Waals surface area contributed by atoms with Gasteiger partial charge in [0.05, 0.1) is 12.1 Å². The number of aliphatic hydroxyl groups is 1. The average Bonchev–Trinajstić information content (AvgIpc) is 2.71. The van der Waals surface area contributed by atoms with Crippen LogP contribution in [0.2, 0.25) is 0 Å². The standard InChI is InChI=1S/C8H13N7O/c1-4(5(2)16)15-8-6(13-14-15)7(12-9)10-3-11-8/h3-5,16H,9H2,1-2H3,(H,10,11,12). The van der Waals surface area contributed by atoms with Crippen molar-refractivity contribution in [2.75, 3.05) is 5.43 Å². The van der Waals surface area contributed by atoms with E-state index in [1.165, 1.54) is 6.33 Å². The van der Waals surface area contributed by atoms with Crippen molar-refractivity contribution in [2.24, 2.45) is 5.84 Å². The topological polar surface area (TPSA) is 115 Å². The minimum absolute atomic E-state index is 0.217. The summed E-state index contributed by atoms with van der Waals surface area (Å²) in [5.74, 6) is 5.71. The lowest BCUT2D eigenvalue weighted by atomic mass is 10.2. The molecular weight excluding hydrogens is 210 g/mol. The summed E-state index contributed by atoms with van der Waals surface area (Å²) in [4.78, 5) is 7.99. The Labute approximate surface area is 91.5 Å². The third-order valence-electron chi connectivity index (χ3n) is 2.48. The Morgan fingerprint density at radius 2 is 2.19 bits per heavy atom. The van der Waals surface area contributed by atoms with Crippen molar-refractivity contribution in [3.63, 3.8) is 0 Å². The molecule has 2 aromatic heterocycles. The van der Waals surface area contributed by atoms with Gasteiger partial charge in [-0.15, -0.1) is 5.10 Å². The molecule has 2 heterocycles. The number of nitrogen functional groups attached to an aromatic ring is 1. The lowest BCUT2D eigenvalue weighted by Crippen LogP contribution is -2.19. The smallest absolute Gasteiger partial charge is 0.184 e. The van der Waals surface area contributed by atoms with Gasteiger partial charge in [0.25, 0.3) is 0 Å². The molecule has 8 heteroatoms. The molecule has 2 atom stereocenters. The molecule has 0 saturated heterocycles. The quantitative estimate of drug-likeness (QED) is 0.472. The largest absolute Gasteiger partial charge is 0.391 e. The van der Waals surface area contributed by atoms with Gasteiger partial charge in [0.2, 0.25) is 0 Å². The summed E-state index contributed by atoms with van der Waals surface area (Å²) in [6.45, 7) is 3.51. The molecule has 0 spiro atoms. The number of fused-ring (bicyclic) bond motifs is 1. The first kappa shape index (κ1) is 10.7. The molecule has 2 aromatic rings. The summed E-state index contributed by atoms with van der Waals surface area (Å²) in [5, 5.41) is 17.4. The molecule has 0 aliphatic heterocycles. The molecule has 0 aromatic carbocycles. The highest BCUT2D eigenvalue weighted by Gasteiger charge is 2.18. The van der Waals surface area contributed by atoms with Crippen molar-refractivity contribution < 1.29 is 5.11 Å². The number of aromatic nitrogens is 5. The van der Waals surface area contributed by atoms with E-state index >= 15 is 0 Å². The zero-order valence-corrected chi connectivity index (χ0v) is 8.99. The number of nitrogens with zero attached hydrogens (tertiary/aromatic N) is 5. The third-order valence-corrected chi connectivity index (χ3v) is 2.48. The fourth-order valence-corrected chi connectivity index (χ4v) is 1.35. The van der Waals surface area contributed by atoms with Gasteiger partial charge in [0.1, 0.15) is 6.33 Å². The van der Waals surface area contributed by atoms with E-state index in [1.54, 1.807) is 11.6 Å². The first-order valence-corrected chi connectivity index (χ1v) is 4.85. The number of nitrogens with one attached hydrogen (secondary N) is 1. The number of hydrazine groups is 1. The molecule has 0 saturated carbocycles. The Hall–Kier alpha value is -1.80. The first-order chi connectivity index (χ1) is 7.65. The molecule has 2 rings (SSSR count). The number of anilines is 1. The van der Waals surface area contributed by atoms with E-state index in [1.807, 2.05) is 6.92 Å². The predicted octanol–water partition coefficient (Wildman–Crippen LogP) is -0.551. The Balaban J connectivity index is 2.57. The maximum atomic E-state index is 9.51. The van der Waals surface area contributed by atoms with Crippen LogP contribution >= 0.6 is 0 Å². The van der Waals surface area contributed by atoms with Crippen molar-refractivity contribution in [3.8, 4) is 0 Å². The molecule has 4 N–H and O–H groups in total. The minimum atomic E-state index is -0.547. The summed E-state index contributed by atoms with van der Waals surface area (Å²) in [5.41, 5.74) is 3.44. The molecule has 0 aliphatic rings. The highest BCUT2D eigenvalue weighted by molar-refractivity contribution is 5.81. The van der Waals surface area contributed by atoms with E-state index in [0.29, 0.717) is 17.0 Å². The zero-order chi connectivity index (χ0) is 11.7. The normalized spacial score (nSPS) is 15.0. The highest BCUT2D eigenvalue weighted by Crippen LogP contribution is 2.19. The second-order valence-electron chi connectivity index (χ2n) is 3.55. The van der Waals surface area contributed by atoms with E-state index in [-0.39, 0.29) is 6.04 Å². The van der Waals surface area contributed by atoms with Crippen LogP contribution in [0.3, 0.4) is 0 Å². The molecule has 86 valence electrons. The average molecular weight is 223 g/mol. The summed E-state index contributed by atoms with van der Waals surface area (Å²) in [7, 11) is 0. The van der Waals surface area contributed by atoms with E-state index in [0.717, 1.165) is 0 Å². The van der Waals surface area contributed by atoms with Gasteiger partial charge >= 0.3 is 0 Å².